The van der Waals surface area contributed by atoms with Crippen LogP contribution in [0, 0.1) is 11.8 Å². The lowest BCUT2D eigenvalue weighted by molar-refractivity contribution is 0.0538. The number of piperidine rings is 2. The van der Waals surface area contributed by atoms with Gasteiger partial charge in [-0.2, -0.15) is 0 Å². The molecule has 2 saturated heterocycles. The van der Waals surface area contributed by atoms with Crippen LogP contribution in [0.15, 0.2) is 30.3 Å². The number of nitrogens with zero attached hydrogens (tertiary/aromatic N) is 2. The van der Waals surface area contributed by atoms with E-state index in [0.29, 0.717) is 5.92 Å². The molecule has 2 aliphatic rings. The van der Waals surface area contributed by atoms with Crippen molar-refractivity contribution in [3.05, 3.63) is 35.9 Å². The molecule has 23 heavy (non-hydrogen) atoms. The first-order chi connectivity index (χ1) is 11.2. The number of benzene rings is 1. The Balaban J connectivity index is 1.40. The highest BCUT2D eigenvalue weighted by atomic mass is 16.3. The van der Waals surface area contributed by atoms with Crippen LogP contribution >= 0.6 is 0 Å². The molecule has 0 bridgehead atoms. The van der Waals surface area contributed by atoms with E-state index in [1.54, 1.807) is 0 Å². The molecule has 2 aliphatic heterocycles. The zero-order valence-electron chi connectivity index (χ0n) is 14.5. The lowest BCUT2D eigenvalue weighted by atomic mass is 9.87. The summed E-state index contributed by atoms with van der Waals surface area (Å²) >= 11 is 0. The molecule has 1 aromatic carbocycles. The molecule has 128 valence electrons. The molecule has 0 radical (unpaired) electrons. The maximum Gasteiger partial charge on any atom is 0.0819 e. The zero-order valence-corrected chi connectivity index (χ0v) is 14.5. The van der Waals surface area contributed by atoms with Crippen molar-refractivity contribution in [1.29, 1.82) is 0 Å². The number of likely N-dealkylation sites (tertiary alicyclic amines) is 2. The summed E-state index contributed by atoms with van der Waals surface area (Å²) in [6, 6.07) is 10.2. The van der Waals surface area contributed by atoms with E-state index in [4.69, 9.17) is 0 Å². The van der Waals surface area contributed by atoms with Gasteiger partial charge in [0.05, 0.1) is 6.10 Å². The molecule has 3 heteroatoms. The zero-order chi connectivity index (χ0) is 16.1. The average Bonchev–Trinajstić information content (AvgIpc) is 2.61. The number of hydrogen-bond acceptors (Lipinski definition) is 3. The van der Waals surface area contributed by atoms with Crippen molar-refractivity contribution in [3.8, 4) is 0 Å². The molecule has 0 amide bonds. The summed E-state index contributed by atoms with van der Waals surface area (Å²) in [5.74, 6) is 1.29. The normalized spacial score (nSPS) is 26.3. The Bertz CT molecular complexity index is 456. The van der Waals surface area contributed by atoms with Crippen LogP contribution in [0.4, 0.5) is 0 Å². The van der Waals surface area contributed by atoms with Crippen LogP contribution in [-0.2, 0) is 0 Å². The Morgan fingerprint density at radius 3 is 2.39 bits per heavy atom. The third-order valence-electron chi connectivity index (χ3n) is 5.69. The molecule has 1 N–H and O–H groups in total. The standard InChI is InChI=1S/C20H32N2O/c1-17-6-5-11-22(16-17)15-14-21-12-9-19(10-13-21)20(23)18-7-3-2-4-8-18/h2-4,7-8,17,19-20,23H,5-6,9-16H2,1H3. The van der Waals surface area contributed by atoms with E-state index >= 15 is 0 Å². The molecule has 0 aromatic heterocycles. The summed E-state index contributed by atoms with van der Waals surface area (Å²) in [5.41, 5.74) is 1.08. The molecule has 2 unspecified atom stereocenters. The van der Waals surface area contributed by atoms with Crippen molar-refractivity contribution >= 4 is 0 Å². The molecular weight excluding hydrogens is 284 g/mol. The average molecular weight is 316 g/mol. The third-order valence-corrected chi connectivity index (χ3v) is 5.69. The summed E-state index contributed by atoms with van der Waals surface area (Å²) in [7, 11) is 0. The monoisotopic (exact) mass is 316 g/mol. The fraction of sp³-hybridized carbons (Fsp3) is 0.700. The number of rotatable bonds is 5. The molecule has 3 rings (SSSR count). The van der Waals surface area contributed by atoms with Gasteiger partial charge in [0.1, 0.15) is 0 Å². The topological polar surface area (TPSA) is 26.7 Å². The number of aliphatic hydroxyl groups excluding tert-OH is 1. The molecule has 2 fully saturated rings. The van der Waals surface area contributed by atoms with E-state index < -0.39 is 0 Å². The van der Waals surface area contributed by atoms with Crippen molar-refractivity contribution in [1.82, 2.24) is 9.80 Å². The second-order valence-electron chi connectivity index (χ2n) is 7.58. The number of hydrogen-bond donors (Lipinski definition) is 1. The summed E-state index contributed by atoms with van der Waals surface area (Å²) in [6.07, 6.45) is 4.71. The largest absolute Gasteiger partial charge is 0.388 e. The van der Waals surface area contributed by atoms with Crippen molar-refractivity contribution in [2.24, 2.45) is 11.8 Å². The fourth-order valence-corrected chi connectivity index (χ4v) is 4.19. The van der Waals surface area contributed by atoms with Crippen molar-refractivity contribution in [2.75, 3.05) is 39.3 Å². The summed E-state index contributed by atoms with van der Waals surface area (Å²) in [5, 5.41) is 10.6. The molecule has 0 aliphatic carbocycles. The van der Waals surface area contributed by atoms with Crippen molar-refractivity contribution in [2.45, 2.75) is 38.7 Å². The van der Waals surface area contributed by atoms with Gasteiger partial charge in [-0.25, -0.2) is 0 Å². The van der Waals surface area contributed by atoms with Crippen LogP contribution in [0.3, 0.4) is 0 Å². The van der Waals surface area contributed by atoms with Crippen molar-refractivity contribution < 1.29 is 5.11 Å². The van der Waals surface area contributed by atoms with Gasteiger partial charge >= 0.3 is 0 Å². The molecule has 1 aromatic rings. The Morgan fingerprint density at radius 1 is 1.00 bits per heavy atom. The van der Waals surface area contributed by atoms with Crippen LogP contribution < -0.4 is 0 Å². The van der Waals surface area contributed by atoms with Gasteiger partial charge in [0.25, 0.3) is 0 Å². The van der Waals surface area contributed by atoms with Crippen LogP contribution in [0.5, 0.6) is 0 Å². The van der Waals surface area contributed by atoms with Crippen molar-refractivity contribution in [3.63, 3.8) is 0 Å². The highest BCUT2D eigenvalue weighted by molar-refractivity contribution is 5.18. The first-order valence-electron chi connectivity index (χ1n) is 9.40. The molecule has 0 spiro atoms. The van der Waals surface area contributed by atoms with Gasteiger partial charge < -0.3 is 14.9 Å². The van der Waals surface area contributed by atoms with Gasteiger partial charge in [-0.05, 0) is 62.7 Å². The third kappa shape index (κ3) is 4.79. The highest BCUT2D eigenvalue weighted by Gasteiger charge is 2.26. The summed E-state index contributed by atoms with van der Waals surface area (Å²) in [6.45, 7) is 9.63. The summed E-state index contributed by atoms with van der Waals surface area (Å²) in [4.78, 5) is 5.23. The summed E-state index contributed by atoms with van der Waals surface area (Å²) < 4.78 is 0. The maximum atomic E-state index is 10.6. The van der Waals surface area contributed by atoms with E-state index in [9.17, 15) is 5.11 Å². The van der Waals surface area contributed by atoms with Crippen LogP contribution in [-0.4, -0.2) is 54.2 Å². The van der Waals surface area contributed by atoms with E-state index in [2.05, 4.69) is 28.9 Å². The Kier molecular flexibility index (Phi) is 6.09. The highest BCUT2D eigenvalue weighted by Crippen LogP contribution is 2.30. The van der Waals surface area contributed by atoms with Gasteiger partial charge in [-0.3, -0.25) is 0 Å². The number of aliphatic hydroxyl groups is 1. The van der Waals surface area contributed by atoms with E-state index in [1.807, 2.05) is 18.2 Å². The quantitative estimate of drug-likeness (QED) is 0.904. The molecule has 0 saturated carbocycles. The lowest BCUT2D eigenvalue weighted by Gasteiger charge is -2.37. The van der Waals surface area contributed by atoms with Gasteiger partial charge in [-0.15, -0.1) is 0 Å². The van der Waals surface area contributed by atoms with Gasteiger partial charge in [0, 0.05) is 19.6 Å². The van der Waals surface area contributed by atoms with Gasteiger partial charge in [0.15, 0.2) is 0 Å². The van der Waals surface area contributed by atoms with E-state index in [-0.39, 0.29) is 6.10 Å². The molecule has 2 heterocycles. The first kappa shape index (κ1) is 16.9. The maximum absolute atomic E-state index is 10.6. The Hall–Kier alpha value is -0.900. The minimum atomic E-state index is -0.290. The second-order valence-corrected chi connectivity index (χ2v) is 7.58. The minimum absolute atomic E-state index is 0.290. The smallest absolute Gasteiger partial charge is 0.0819 e. The second kappa shape index (κ2) is 8.27. The molecule has 2 atom stereocenters. The predicted octanol–water partition coefficient (Wildman–Crippen LogP) is 3.16. The minimum Gasteiger partial charge on any atom is -0.388 e. The fourth-order valence-electron chi connectivity index (χ4n) is 4.19. The molecule has 3 nitrogen and oxygen atoms in total. The van der Waals surface area contributed by atoms with Crippen LogP contribution in [0.25, 0.3) is 0 Å². The van der Waals surface area contributed by atoms with Crippen LogP contribution in [0.1, 0.15) is 44.3 Å². The Labute approximate surface area is 141 Å². The SMILES string of the molecule is CC1CCCN(CCN2CCC(C(O)c3ccccc3)CC2)C1. The van der Waals surface area contributed by atoms with E-state index in [1.165, 1.54) is 39.0 Å². The first-order valence-corrected chi connectivity index (χ1v) is 9.40. The molecular formula is C20H32N2O. The van der Waals surface area contributed by atoms with Gasteiger partial charge in [0.2, 0.25) is 0 Å². The Morgan fingerprint density at radius 2 is 1.70 bits per heavy atom. The lowest BCUT2D eigenvalue weighted by Crippen LogP contribution is -2.43. The van der Waals surface area contributed by atoms with Crippen LogP contribution in [0.2, 0.25) is 0 Å². The predicted molar refractivity (Wildman–Crippen MR) is 95.4 cm³/mol. The van der Waals surface area contributed by atoms with Gasteiger partial charge in [-0.1, -0.05) is 37.3 Å². The van der Waals surface area contributed by atoms with E-state index in [0.717, 1.165) is 37.4 Å².